The largest absolute Gasteiger partial charge is 0.394 e. The maximum atomic E-state index is 11.0. The summed E-state index contributed by atoms with van der Waals surface area (Å²) in [6.45, 7) is 1.42. The van der Waals surface area contributed by atoms with Crippen LogP contribution in [0.4, 0.5) is 0 Å². The highest BCUT2D eigenvalue weighted by atomic mass is 16.4. The maximum absolute atomic E-state index is 11.0. The molecule has 5 nitrogen and oxygen atoms in total. The molecular weight excluding hydrogens is 210 g/mol. The van der Waals surface area contributed by atoms with Gasteiger partial charge in [-0.25, -0.2) is 0 Å². The van der Waals surface area contributed by atoms with Gasteiger partial charge in [0.15, 0.2) is 5.60 Å². The van der Waals surface area contributed by atoms with Crippen LogP contribution in [0.5, 0.6) is 0 Å². The number of primary amides is 1. The summed E-state index contributed by atoms with van der Waals surface area (Å²) in [5, 5.41) is 27.9. The van der Waals surface area contributed by atoms with Gasteiger partial charge in [0.25, 0.3) is 5.91 Å². The second kappa shape index (κ2) is 7.60. The topological polar surface area (TPSA) is 104 Å². The van der Waals surface area contributed by atoms with Crippen molar-refractivity contribution >= 4 is 5.91 Å². The minimum atomic E-state index is -2.00. The summed E-state index contributed by atoms with van der Waals surface area (Å²) in [6.07, 6.45) is 3.32. The number of unbranched alkanes of at least 4 members (excludes halogenated alkanes) is 4. The normalized spacial score (nSPS) is 16.8. The van der Waals surface area contributed by atoms with Crippen molar-refractivity contribution in [1.82, 2.24) is 0 Å². The van der Waals surface area contributed by atoms with Crippen LogP contribution in [0.15, 0.2) is 0 Å². The van der Waals surface area contributed by atoms with Gasteiger partial charge in [-0.1, -0.05) is 32.6 Å². The Balaban J connectivity index is 4.09. The van der Waals surface area contributed by atoms with Crippen molar-refractivity contribution in [2.24, 2.45) is 5.73 Å². The lowest BCUT2D eigenvalue weighted by Crippen LogP contribution is -2.54. The van der Waals surface area contributed by atoms with E-state index in [2.05, 4.69) is 6.92 Å². The minimum Gasteiger partial charge on any atom is -0.394 e. The third-order valence-electron chi connectivity index (χ3n) is 2.81. The number of aliphatic hydroxyl groups is 3. The average molecular weight is 233 g/mol. The van der Waals surface area contributed by atoms with E-state index in [4.69, 9.17) is 10.8 Å². The first-order chi connectivity index (χ1) is 7.49. The number of amides is 1. The highest BCUT2D eigenvalue weighted by molar-refractivity contribution is 5.83. The third kappa shape index (κ3) is 4.47. The molecule has 5 N–H and O–H groups in total. The van der Waals surface area contributed by atoms with Gasteiger partial charge in [0.2, 0.25) is 0 Å². The lowest BCUT2D eigenvalue weighted by Gasteiger charge is -2.28. The van der Waals surface area contributed by atoms with E-state index in [1.54, 1.807) is 0 Å². The first-order valence-corrected chi connectivity index (χ1v) is 5.80. The van der Waals surface area contributed by atoms with E-state index in [-0.39, 0.29) is 6.42 Å². The number of aliphatic hydroxyl groups excluding tert-OH is 2. The Kier molecular flexibility index (Phi) is 7.29. The number of hydrogen-bond donors (Lipinski definition) is 4. The Morgan fingerprint density at radius 3 is 2.31 bits per heavy atom. The molecular formula is C11H23NO4. The summed E-state index contributed by atoms with van der Waals surface area (Å²) in [5.74, 6) is -0.982. The first kappa shape index (κ1) is 15.3. The van der Waals surface area contributed by atoms with Gasteiger partial charge in [-0.15, -0.1) is 0 Å². The molecule has 0 aliphatic heterocycles. The highest BCUT2D eigenvalue weighted by Gasteiger charge is 2.40. The smallest absolute Gasteiger partial charge is 0.252 e. The molecule has 1 amide bonds. The summed E-state index contributed by atoms with van der Waals surface area (Å²) in [6, 6.07) is 0. The van der Waals surface area contributed by atoms with Gasteiger partial charge in [-0.05, 0) is 12.8 Å². The molecule has 0 unspecified atom stereocenters. The summed E-state index contributed by atoms with van der Waals surface area (Å²) < 4.78 is 0. The summed E-state index contributed by atoms with van der Waals surface area (Å²) in [7, 11) is 0. The van der Waals surface area contributed by atoms with Crippen LogP contribution >= 0.6 is 0 Å². The minimum absolute atomic E-state index is 0.0910. The summed E-state index contributed by atoms with van der Waals surface area (Å²) >= 11 is 0. The summed E-state index contributed by atoms with van der Waals surface area (Å²) in [5.41, 5.74) is 3.03. The van der Waals surface area contributed by atoms with Crippen molar-refractivity contribution in [3.63, 3.8) is 0 Å². The molecule has 0 saturated heterocycles. The number of nitrogens with two attached hydrogens (primary N) is 1. The van der Waals surface area contributed by atoms with Crippen LogP contribution < -0.4 is 5.73 Å². The van der Waals surface area contributed by atoms with Gasteiger partial charge in [0.1, 0.15) is 6.10 Å². The van der Waals surface area contributed by atoms with E-state index >= 15 is 0 Å². The van der Waals surface area contributed by atoms with Gasteiger partial charge < -0.3 is 21.1 Å². The van der Waals surface area contributed by atoms with E-state index in [9.17, 15) is 15.0 Å². The molecule has 0 aromatic carbocycles. The Morgan fingerprint density at radius 1 is 1.31 bits per heavy atom. The zero-order chi connectivity index (χ0) is 12.6. The molecule has 0 radical (unpaired) electrons. The fourth-order valence-electron chi connectivity index (χ4n) is 1.60. The van der Waals surface area contributed by atoms with Crippen molar-refractivity contribution in [1.29, 1.82) is 0 Å². The van der Waals surface area contributed by atoms with Gasteiger partial charge >= 0.3 is 0 Å². The van der Waals surface area contributed by atoms with Crippen LogP contribution in [0.1, 0.15) is 45.4 Å². The molecule has 0 saturated carbocycles. The molecule has 2 atom stereocenters. The molecule has 0 spiro atoms. The zero-order valence-corrected chi connectivity index (χ0v) is 9.85. The van der Waals surface area contributed by atoms with E-state index in [1.165, 1.54) is 0 Å². The van der Waals surface area contributed by atoms with Crippen LogP contribution in [-0.2, 0) is 4.79 Å². The van der Waals surface area contributed by atoms with Crippen molar-refractivity contribution in [3.8, 4) is 0 Å². The van der Waals surface area contributed by atoms with E-state index < -0.39 is 24.2 Å². The van der Waals surface area contributed by atoms with Gasteiger partial charge in [-0.2, -0.15) is 0 Å². The van der Waals surface area contributed by atoms with Gasteiger partial charge in [-0.3, -0.25) is 4.79 Å². The predicted octanol–water partition coefficient (Wildman–Crippen LogP) is -0.0835. The molecule has 0 aliphatic carbocycles. The maximum Gasteiger partial charge on any atom is 0.252 e. The third-order valence-corrected chi connectivity index (χ3v) is 2.81. The standard InChI is InChI=1S/C11H23NO4/c1-2-3-4-5-6-7-11(16,10(12)15)9(14)8-13/h9,13-14,16H,2-8H2,1H3,(H2,12,15)/t9-,11-/m1/s1. The van der Waals surface area contributed by atoms with Crippen LogP contribution in [0, 0.1) is 0 Å². The lowest BCUT2D eigenvalue weighted by atomic mass is 9.89. The molecule has 0 rings (SSSR count). The lowest BCUT2D eigenvalue weighted by molar-refractivity contribution is -0.154. The molecule has 0 fully saturated rings. The number of carbonyl (C=O) groups excluding carboxylic acids is 1. The fraction of sp³-hybridized carbons (Fsp3) is 0.909. The fourth-order valence-corrected chi connectivity index (χ4v) is 1.60. The molecule has 5 heteroatoms. The van der Waals surface area contributed by atoms with E-state index in [0.717, 1.165) is 25.7 Å². The summed E-state index contributed by atoms with van der Waals surface area (Å²) in [4.78, 5) is 11.0. The number of carbonyl (C=O) groups is 1. The molecule has 0 bridgehead atoms. The number of rotatable bonds is 9. The quantitative estimate of drug-likeness (QED) is 0.418. The Bertz CT molecular complexity index is 210. The predicted molar refractivity (Wildman–Crippen MR) is 60.6 cm³/mol. The Morgan fingerprint density at radius 2 is 1.88 bits per heavy atom. The van der Waals surface area contributed by atoms with Crippen molar-refractivity contribution in [2.45, 2.75) is 57.2 Å². The van der Waals surface area contributed by atoms with Crippen LogP contribution in [0.3, 0.4) is 0 Å². The van der Waals surface area contributed by atoms with Crippen LogP contribution in [0.2, 0.25) is 0 Å². The molecule has 0 aromatic rings. The molecule has 0 aliphatic rings. The Hall–Kier alpha value is -0.650. The highest BCUT2D eigenvalue weighted by Crippen LogP contribution is 2.19. The van der Waals surface area contributed by atoms with Crippen LogP contribution in [0.25, 0.3) is 0 Å². The van der Waals surface area contributed by atoms with Gasteiger partial charge in [0.05, 0.1) is 6.61 Å². The molecule has 96 valence electrons. The zero-order valence-electron chi connectivity index (χ0n) is 9.85. The molecule has 0 heterocycles. The first-order valence-electron chi connectivity index (χ1n) is 5.80. The molecule has 0 aromatic heterocycles. The second-order valence-electron chi connectivity index (χ2n) is 4.15. The average Bonchev–Trinajstić information content (AvgIpc) is 2.27. The Labute approximate surface area is 96.3 Å². The molecule has 16 heavy (non-hydrogen) atoms. The number of hydrogen-bond acceptors (Lipinski definition) is 4. The van der Waals surface area contributed by atoms with Crippen LogP contribution in [-0.4, -0.2) is 39.5 Å². The van der Waals surface area contributed by atoms with Crippen molar-refractivity contribution in [3.05, 3.63) is 0 Å². The monoisotopic (exact) mass is 233 g/mol. The van der Waals surface area contributed by atoms with E-state index in [1.807, 2.05) is 0 Å². The SMILES string of the molecule is CCCCCCC[C@](O)(C(N)=O)[C@H](O)CO. The van der Waals surface area contributed by atoms with Gasteiger partial charge in [0, 0.05) is 0 Å². The van der Waals surface area contributed by atoms with E-state index in [0.29, 0.717) is 6.42 Å². The van der Waals surface area contributed by atoms with Crippen molar-refractivity contribution in [2.75, 3.05) is 6.61 Å². The van der Waals surface area contributed by atoms with Crippen molar-refractivity contribution < 1.29 is 20.1 Å². The second-order valence-corrected chi connectivity index (χ2v) is 4.15.